The summed E-state index contributed by atoms with van der Waals surface area (Å²) in [5.41, 5.74) is 5.83. The molecule has 1 aliphatic rings. The highest BCUT2D eigenvalue weighted by Crippen LogP contribution is 2.31. The Bertz CT molecular complexity index is 497. The lowest BCUT2D eigenvalue weighted by Gasteiger charge is -2.25. The van der Waals surface area contributed by atoms with E-state index in [2.05, 4.69) is 0 Å². The van der Waals surface area contributed by atoms with Crippen LogP contribution in [0.4, 0.5) is 5.69 Å². The Labute approximate surface area is 98.2 Å². The van der Waals surface area contributed by atoms with Gasteiger partial charge in [0.25, 0.3) is 0 Å². The number of anilines is 1. The number of hydrogen-bond acceptors (Lipinski definition) is 5. The van der Waals surface area contributed by atoms with Gasteiger partial charge >= 0.3 is 0 Å². The molecule has 1 fully saturated rings. The van der Waals surface area contributed by atoms with Gasteiger partial charge in [0.15, 0.2) is 0 Å². The molecule has 0 radical (unpaired) electrons. The molecule has 1 heterocycles. The van der Waals surface area contributed by atoms with Crippen molar-refractivity contribution < 1.29 is 13.2 Å². The zero-order valence-corrected chi connectivity index (χ0v) is 10.1. The van der Waals surface area contributed by atoms with E-state index in [1.165, 1.54) is 6.07 Å². The Hall–Kier alpha value is -0.760. The second-order valence-electron chi connectivity index (χ2n) is 3.52. The molecule has 0 aromatic heterocycles. The van der Waals surface area contributed by atoms with E-state index in [4.69, 9.17) is 15.6 Å². The van der Waals surface area contributed by atoms with E-state index in [0.29, 0.717) is 5.25 Å². The summed E-state index contributed by atoms with van der Waals surface area (Å²) in [6, 6.07) is 4.77. The van der Waals surface area contributed by atoms with Crippen LogP contribution in [0.1, 0.15) is 0 Å². The minimum absolute atomic E-state index is 0.0262. The zero-order chi connectivity index (χ0) is 11.8. The third-order valence-corrected chi connectivity index (χ3v) is 4.31. The van der Waals surface area contributed by atoms with Crippen LogP contribution >= 0.6 is 11.8 Å². The Morgan fingerprint density at radius 2 is 2.06 bits per heavy atom. The molecule has 0 bridgehead atoms. The SMILES string of the molecule is Nc1cc(SC2COC2)ccc1S(N)(=O)=O. The molecule has 16 heavy (non-hydrogen) atoms. The van der Waals surface area contributed by atoms with E-state index in [9.17, 15) is 8.42 Å². The maximum Gasteiger partial charge on any atom is 0.240 e. The standard InChI is InChI=1S/C9H12N2O3S2/c10-8-3-6(15-7-4-14-5-7)1-2-9(8)16(11,12)13/h1-3,7H,4-5,10H2,(H2,11,12,13). The first-order valence-electron chi connectivity index (χ1n) is 4.63. The molecule has 1 aromatic rings. The molecule has 1 aromatic carbocycles. The summed E-state index contributed by atoms with van der Waals surface area (Å²) < 4.78 is 27.3. The Morgan fingerprint density at radius 1 is 1.38 bits per heavy atom. The van der Waals surface area contributed by atoms with Crippen molar-refractivity contribution in [1.82, 2.24) is 0 Å². The van der Waals surface area contributed by atoms with Gasteiger partial charge in [0.2, 0.25) is 10.0 Å². The molecular weight excluding hydrogens is 248 g/mol. The maximum absolute atomic E-state index is 11.1. The lowest BCUT2D eigenvalue weighted by atomic mass is 10.3. The van der Waals surface area contributed by atoms with Gasteiger partial charge in [0.05, 0.1) is 24.2 Å². The van der Waals surface area contributed by atoms with Crippen LogP contribution in [0.3, 0.4) is 0 Å². The number of primary sulfonamides is 1. The first kappa shape index (κ1) is 11.7. The average molecular weight is 260 g/mol. The van der Waals surface area contributed by atoms with E-state index in [1.54, 1.807) is 23.9 Å². The molecule has 7 heteroatoms. The minimum Gasteiger partial charge on any atom is -0.398 e. The van der Waals surface area contributed by atoms with Crippen LogP contribution in [0.15, 0.2) is 28.0 Å². The fourth-order valence-electron chi connectivity index (χ4n) is 1.33. The molecule has 4 N–H and O–H groups in total. The molecule has 0 unspecified atom stereocenters. The van der Waals surface area contributed by atoms with Crippen LogP contribution in [-0.2, 0) is 14.8 Å². The molecule has 0 atom stereocenters. The lowest BCUT2D eigenvalue weighted by molar-refractivity contribution is 0.0455. The summed E-state index contributed by atoms with van der Waals surface area (Å²) in [6.45, 7) is 1.45. The van der Waals surface area contributed by atoms with Crippen molar-refractivity contribution in [1.29, 1.82) is 0 Å². The van der Waals surface area contributed by atoms with Crippen molar-refractivity contribution in [2.24, 2.45) is 5.14 Å². The number of ether oxygens (including phenoxy) is 1. The summed E-state index contributed by atoms with van der Waals surface area (Å²) >= 11 is 1.62. The van der Waals surface area contributed by atoms with Crippen LogP contribution in [0.25, 0.3) is 0 Å². The summed E-state index contributed by atoms with van der Waals surface area (Å²) in [4.78, 5) is 0.903. The topological polar surface area (TPSA) is 95.4 Å². The van der Waals surface area contributed by atoms with Crippen molar-refractivity contribution in [3.8, 4) is 0 Å². The van der Waals surface area contributed by atoms with Crippen LogP contribution in [-0.4, -0.2) is 26.9 Å². The van der Waals surface area contributed by atoms with Gasteiger partial charge in [-0.05, 0) is 18.2 Å². The summed E-state index contributed by atoms with van der Waals surface area (Å²) in [5, 5.41) is 5.44. The summed E-state index contributed by atoms with van der Waals surface area (Å²) in [6.07, 6.45) is 0. The van der Waals surface area contributed by atoms with Crippen molar-refractivity contribution in [3.05, 3.63) is 18.2 Å². The normalized spacial score (nSPS) is 17.1. The van der Waals surface area contributed by atoms with E-state index < -0.39 is 10.0 Å². The lowest BCUT2D eigenvalue weighted by Crippen LogP contribution is -2.30. The number of hydrogen-bond donors (Lipinski definition) is 2. The third kappa shape index (κ3) is 2.49. The number of benzene rings is 1. The van der Waals surface area contributed by atoms with E-state index in [-0.39, 0.29) is 10.6 Å². The Kier molecular flexibility index (Phi) is 3.11. The molecule has 0 amide bonds. The van der Waals surface area contributed by atoms with Crippen LogP contribution in [0.5, 0.6) is 0 Å². The minimum atomic E-state index is -3.73. The maximum atomic E-state index is 11.1. The van der Waals surface area contributed by atoms with Gasteiger partial charge < -0.3 is 10.5 Å². The van der Waals surface area contributed by atoms with Gasteiger partial charge in [0, 0.05) is 4.90 Å². The highest BCUT2D eigenvalue weighted by Gasteiger charge is 2.20. The number of nitrogens with two attached hydrogens (primary N) is 2. The predicted octanol–water partition coefficient (Wildman–Crippen LogP) is 0.407. The van der Waals surface area contributed by atoms with Gasteiger partial charge in [0.1, 0.15) is 4.90 Å². The first-order valence-corrected chi connectivity index (χ1v) is 7.06. The highest BCUT2D eigenvalue weighted by molar-refractivity contribution is 8.00. The van der Waals surface area contributed by atoms with E-state index in [0.717, 1.165) is 18.1 Å². The van der Waals surface area contributed by atoms with Crippen molar-refractivity contribution in [2.75, 3.05) is 18.9 Å². The Balaban J connectivity index is 2.22. The van der Waals surface area contributed by atoms with Gasteiger partial charge in [-0.1, -0.05) is 0 Å². The molecule has 0 saturated carbocycles. The van der Waals surface area contributed by atoms with Crippen molar-refractivity contribution in [3.63, 3.8) is 0 Å². The number of rotatable bonds is 3. The largest absolute Gasteiger partial charge is 0.398 e. The van der Waals surface area contributed by atoms with Gasteiger partial charge in [-0.25, -0.2) is 13.6 Å². The van der Waals surface area contributed by atoms with Gasteiger partial charge in [-0.15, -0.1) is 11.8 Å². The van der Waals surface area contributed by atoms with Crippen LogP contribution in [0, 0.1) is 0 Å². The fraction of sp³-hybridized carbons (Fsp3) is 0.333. The monoisotopic (exact) mass is 260 g/mol. The molecule has 0 aliphatic carbocycles. The predicted molar refractivity (Wildman–Crippen MR) is 62.7 cm³/mol. The van der Waals surface area contributed by atoms with Crippen LogP contribution < -0.4 is 10.9 Å². The second kappa shape index (κ2) is 4.25. The second-order valence-corrected chi connectivity index (χ2v) is 6.43. The molecule has 2 rings (SSSR count). The molecule has 88 valence electrons. The fourth-order valence-corrected chi connectivity index (χ4v) is 3.03. The van der Waals surface area contributed by atoms with E-state index >= 15 is 0 Å². The number of sulfonamides is 1. The van der Waals surface area contributed by atoms with Gasteiger partial charge in [-0.3, -0.25) is 0 Å². The van der Waals surface area contributed by atoms with Crippen molar-refractivity contribution in [2.45, 2.75) is 15.0 Å². The molecule has 1 aliphatic heterocycles. The van der Waals surface area contributed by atoms with Crippen molar-refractivity contribution >= 4 is 27.5 Å². The molecule has 1 saturated heterocycles. The summed E-state index contributed by atoms with van der Waals surface area (Å²) in [7, 11) is -3.73. The first-order chi connectivity index (χ1) is 7.47. The number of thioether (sulfide) groups is 1. The molecule has 5 nitrogen and oxygen atoms in total. The average Bonchev–Trinajstić information content (AvgIpc) is 2.09. The number of nitrogen functional groups attached to an aromatic ring is 1. The quantitative estimate of drug-likeness (QED) is 0.767. The highest BCUT2D eigenvalue weighted by atomic mass is 32.2. The molecule has 0 spiro atoms. The van der Waals surface area contributed by atoms with Gasteiger partial charge in [-0.2, -0.15) is 0 Å². The molecular formula is C9H12N2O3S2. The third-order valence-electron chi connectivity index (χ3n) is 2.20. The Morgan fingerprint density at radius 3 is 2.50 bits per heavy atom. The van der Waals surface area contributed by atoms with E-state index in [1.807, 2.05) is 0 Å². The summed E-state index contributed by atoms with van der Waals surface area (Å²) in [5.74, 6) is 0. The zero-order valence-electron chi connectivity index (χ0n) is 8.42. The smallest absolute Gasteiger partial charge is 0.240 e. The van der Waals surface area contributed by atoms with Crippen LogP contribution in [0.2, 0.25) is 0 Å².